The average Bonchev–Trinajstić information content (AvgIpc) is 3.25. The van der Waals surface area contributed by atoms with E-state index < -0.39 is 23.4 Å². The first-order valence-electron chi connectivity index (χ1n) is 12.5. The normalized spacial score (nSPS) is 16.0. The topological polar surface area (TPSA) is 119 Å². The predicted octanol–water partition coefficient (Wildman–Crippen LogP) is 5.97. The van der Waals surface area contributed by atoms with Crippen LogP contribution in [0.5, 0.6) is 0 Å². The molecule has 1 aliphatic rings. The van der Waals surface area contributed by atoms with E-state index in [1.54, 1.807) is 46.4 Å². The Labute approximate surface area is 222 Å². The van der Waals surface area contributed by atoms with Gasteiger partial charge >= 0.3 is 12.2 Å². The summed E-state index contributed by atoms with van der Waals surface area (Å²) in [7, 11) is 0. The van der Waals surface area contributed by atoms with Gasteiger partial charge in [-0.15, -0.1) is 4.99 Å². The van der Waals surface area contributed by atoms with Crippen molar-refractivity contribution in [2.45, 2.75) is 65.2 Å². The first-order chi connectivity index (χ1) is 17.9. The molecule has 10 nitrogen and oxygen atoms in total. The Morgan fingerprint density at radius 2 is 1.53 bits per heavy atom. The molecule has 10 heteroatoms. The van der Waals surface area contributed by atoms with E-state index in [1.807, 2.05) is 54.6 Å². The van der Waals surface area contributed by atoms with Crippen molar-refractivity contribution >= 4 is 18.1 Å². The van der Waals surface area contributed by atoms with E-state index in [0.717, 1.165) is 16.7 Å². The van der Waals surface area contributed by atoms with Gasteiger partial charge in [-0.2, -0.15) is 4.98 Å². The van der Waals surface area contributed by atoms with Crippen molar-refractivity contribution in [3.8, 4) is 22.5 Å². The number of hydrogen-bond acceptors (Lipinski definition) is 7. The maximum atomic E-state index is 12.5. The van der Waals surface area contributed by atoms with Gasteiger partial charge in [0.05, 0.1) is 0 Å². The molecule has 1 aromatic heterocycles. The lowest BCUT2D eigenvalue weighted by Crippen LogP contribution is -2.53. The molecule has 3 aromatic rings. The number of rotatable bonds is 3. The number of nitrogens with one attached hydrogen (secondary N) is 1. The van der Waals surface area contributed by atoms with Crippen LogP contribution in [-0.2, 0) is 9.47 Å². The van der Waals surface area contributed by atoms with E-state index in [-0.39, 0.29) is 12.0 Å². The van der Waals surface area contributed by atoms with E-state index >= 15 is 0 Å². The van der Waals surface area contributed by atoms with E-state index in [1.165, 1.54) is 0 Å². The first-order valence-corrected chi connectivity index (χ1v) is 12.5. The minimum atomic E-state index is -0.834. The zero-order valence-corrected chi connectivity index (χ0v) is 22.5. The molecule has 2 aromatic carbocycles. The van der Waals surface area contributed by atoms with Gasteiger partial charge in [-0.3, -0.25) is 5.32 Å². The first kappa shape index (κ1) is 26.8. The number of carbonyl (C=O) groups is 2. The van der Waals surface area contributed by atoms with E-state index in [4.69, 9.17) is 14.0 Å². The zero-order chi connectivity index (χ0) is 27.5. The van der Waals surface area contributed by atoms with Gasteiger partial charge in [0.1, 0.15) is 17.2 Å². The molecule has 4 rings (SSSR count). The molecule has 0 bridgehead atoms. The van der Waals surface area contributed by atoms with Crippen LogP contribution in [0.2, 0.25) is 0 Å². The molecule has 0 radical (unpaired) electrons. The predicted molar refractivity (Wildman–Crippen MR) is 142 cm³/mol. The average molecular weight is 520 g/mol. The largest absolute Gasteiger partial charge is 0.444 e. The number of likely N-dealkylation sites (tertiary alicyclic amines) is 1. The number of carbonyl (C=O) groups excluding carboxylic acids is 2. The van der Waals surface area contributed by atoms with Crippen molar-refractivity contribution in [2.75, 3.05) is 6.54 Å². The SMILES string of the molecule is CC(C)(C)OC(=O)N=C(NC(=O)OC(C)(C)C)N1CCC1c1nc(-c2ccc(-c3ccccc3)cc2)no1. The third-order valence-electron chi connectivity index (χ3n) is 5.47. The van der Waals surface area contributed by atoms with Crippen molar-refractivity contribution < 1.29 is 23.6 Å². The maximum absolute atomic E-state index is 12.5. The lowest BCUT2D eigenvalue weighted by atomic mass is 10.0. The number of benzene rings is 2. The van der Waals surface area contributed by atoms with Gasteiger partial charge in [0.2, 0.25) is 17.7 Å². The minimum Gasteiger partial charge on any atom is -0.444 e. The highest BCUT2D eigenvalue weighted by molar-refractivity contribution is 5.99. The lowest BCUT2D eigenvalue weighted by molar-refractivity contribution is 0.0535. The lowest BCUT2D eigenvalue weighted by Gasteiger charge is -2.40. The molecule has 0 saturated carbocycles. The summed E-state index contributed by atoms with van der Waals surface area (Å²) in [6.45, 7) is 11.0. The number of hydrogen-bond donors (Lipinski definition) is 1. The van der Waals surface area contributed by atoms with Gasteiger partial charge in [0, 0.05) is 12.1 Å². The number of nitrogens with zero attached hydrogens (tertiary/aromatic N) is 4. The van der Waals surface area contributed by atoms with Crippen LogP contribution in [0.15, 0.2) is 64.1 Å². The van der Waals surface area contributed by atoms with Crippen LogP contribution in [-0.4, -0.2) is 50.9 Å². The molecule has 1 unspecified atom stereocenters. The molecule has 0 aliphatic carbocycles. The number of guanidine groups is 1. The van der Waals surface area contributed by atoms with E-state index in [2.05, 4.69) is 20.4 Å². The molecule has 1 atom stereocenters. The number of aliphatic imine (C=N–C) groups is 1. The van der Waals surface area contributed by atoms with Gasteiger partial charge in [0.15, 0.2) is 0 Å². The summed E-state index contributed by atoms with van der Waals surface area (Å²) in [6, 6.07) is 17.6. The second-order valence-corrected chi connectivity index (χ2v) is 10.9. The molecule has 200 valence electrons. The Hall–Kier alpha value is -4.21. The molecule has 38 heavy (non-hydrogen) atoms. The van der Waals surface area contributed by atoms with Crippen molar-refractivity contribution in [3.05, 3.63) is 60.5 Å². The van der Waals surface area contributed by atoms with Crippen molar-refractivity contribution in [1.29, 1.82) is 0 Å². The second-order valence-electron chi connectivity index (χ2n) is 10.9. The molecule has 2 amide bonds. The summed E-state index contributed by atoms with van der Waals surface area (Å²) in [5.41, 5.74) is 1.53. The molecule has 1 saturated heterocycles. The van der Waals surface area contributed by atoms with Crippen LogP contribution >= 0.6 is 0 Å². The van der Waals surface area contributed by atoms with Gasteiger partial charge < -0.3 is 18.9 Å². The number of alkyl carbamates (subject to hydrolysis) is 1. The molecule has 1 aliphatic heterocycles. The monoisotopic (exact) mass is 519 g/mol. The Kier molecular flexibility index (Phi) is 7.52. The second kappa shape index (κ2) is 10.6. The molecule has 1 N–H and O–H groups in total. The molecule has 0 spiro atoms. The Morgan fingerprint density at radius 3 is 2.11 bits per heavy atom. The fourth-order valence-corrected chi connectivity index (χ4v) is 3.76. The summed E-state index contributed by atoms with van der Waals surface area (Å²) in [5.74, 6) is 0.787. The van der Waals surface area contributed by atoms with Crippen LogP contribution in [0.3, 0.4) is 0 Å². The maximum Gasteiger partial charge on any atom is 0.437 e. The molecular formula is C28H33N5O5. The van der Waals surface area contributed by atoms with Crippen LogP contribution in [0.4, 0.5) is 9.59 Å². The smallest absolute Gasteiger partial charge is 0.437 e. The highest BCUT2D eigenvalue weighted by atomic mass is 16.6. The zero-order valence-electron chi connectivity index (χ0n) is 22.5. The van der Waals surface area contributed by atoms with Crippen LogP contribution in [0.25, 0.3) is 22.5 Å². The van der Waals surface area contributed by atoms with Gasteiger partial charge in [-0.05, 0) is 59.1 Å². The van der Waals surface area contributed by atoms with Crippen LogP contribution in [0, 0.1) is 0 Å². The van der Waals surface area contributed by atoms with Gasteiger partial charge in [-0.25, -0.2) is 9.59 Å². The van der Waals surface area contributed by atoms with E-state index in [0.29, 0.717) is 24.7 Å². The fourth-order valence-electron chi connectivity index (χ4n) is 3.76. The summed E-state index contributed by atoms with van der Waals surface area (Å²) in [4.78, 5) is 35.3. The van der Waals surface area contributed by atoms with Crippen LogP contribution < -0.4 is 5.32 Å². The third-order valence-corrected chi connectivity index (χ3v) is 5.47. The van der Waals surface area contributed by atoms with Crippen LogP contribution in [0.1, 0.15) is 59.9 Å². The quantitative estimate of drug-likeness (QED) is 0.332. The van der Waals surface area contributed by atoms with Gasteiger partial charge in [0.25, 0.3) is 0 Å². The van der Waals surface area contributed by atoms with Crippen molar-refractivity contribution in [3.63, 3.8) is 0 Å². The Morgan fingerprint density at radius 1 is 0.921 bits per heavy atom. The summed E-state index contributed by atoms with van der Waals surface area (Å²) in [5, 5.41) is 6.72. The van der Waals surface area contributed by atoms with Crippen molar-refractivity contribution in [1.82, 2.24) is 20.4 Å². The Bertz CT molecular complexity index is 1300. The highest BCUT2D eigenvalue weighted by Crippen LogP contribution is 2.34. The number of ether oxygens (including phenoxy) is 2. The van der Waals surface area contributed by atoms with E-state index in [9.17, 15) is 9.59 Å². The highest BCUT2D eigenvalue weighted by Gasteiger charge is 2.38. The summed E-state index contributed by atoms with van der Waals surface area (Å²) >= 11 is 0. The number of amides is 2. The number of aromatic nitrogens is 2. The minimum absolute atomic E-state index is 0.00304. The molecule has 1 fully saturated rings. The third kappa shape index (κ3) is 6.96. The summed E-state index contributed by atoms with van der Waals surface area (Å²) < 4.78 is 16.2. The molecular weight excluding hydrogens is 486 g/mol. The molecule has 2 heterocycles. The fraction of sp³-hybridized carbons (Fsp3) is 0.393. The van der Waals surface area contributed by atoms with Gasteiger partial charge in [-0.1, -0.05) is 59.8 Å². The van der Waals surface area contributed by atoms with Crippen molar-refractivity contribution in [2.24, 2.45) is 4.99 Å². The Balaban J connectivity index is 1.52. The summed E-state index contributed by atoms with van der Waals surface area (Å²) in [6.07, 6.45) is -0.910. The standard InChI is InChI=1S/C28H33N5O5/c1-27(2,3)36-25(34)30-24(31-26(35)37-28(4,5)6)33-17-16-21(33)23-29-22(32-38-23)20-14-12-19(13-15-20)18-10-8-7-9-11-18/h7-15,21H,16-17H2,1-6H3,(H,30,31,34,35).